The molecule has 1 spiro atoms. The van der Waals surface area contributed by atoms with Gasteiger partial charge >= 0.3 is 12.0 Å². The highest BCUT2D eigenvalue weighted by atomic mass is 16.5. The monoisotopic (exact) mass is 366 g/mol. The van der Waals surface area contributed by atoms with Crippen LogP contribution in [-0.4, -0.2) is 35.1 Å². The second-order valence-electron chi connectivity index (χ2n) is 7.13. The number of aromatic carboxylic acids is 1. The Hall–Kier alpha value is -2.86. The zero-order valence-electron chi connectivity index (χ0n) is 15.0. The molecule has 2 aliphatic heterocycles. The van der Waals surface area contributed by atoms with Gasteiger partial charge in [0.1, 0.15) is 5.60 Å². The number of urea groups is 1. The van der Waals surface area contributed by atoms with E-state index in [2.05, 4.69) is 17.4 Å². The fraction of sp³-hybridized carbons (Fsp3) is 0.333. The summed E-state index contributed by atoms with van der Waals surface area (Å²) >= 11 is 0. The minimum Gasteiger partial charge on any atom is -0.478 e. The molecule has 2 amide bonds. The Morgan fingerprint density at radius 2 is 1.93 bits per heavy atom. The molecular formula is C21H22N2O4. The lowest BCUT2D eigenvalue weighted by Crippen LogP contribution is -2.51. The van der Waals surface area contributed by atoms with Crippen molar-refractivity contribution >= 4 is 12.0 Å². The number of carboxylic acids is 1. The third kappa shape index (κ3) is 3.40. The van der Waals surface area contributed by atoms with E-state index in [1.807, 2.05) is 17.0 Å². The summed E-state index contributed by atoms with van der Waals surface area (Å²) in [6.07, 6.45) is 1.82. The third-order valence-corrected chi connectivity index (χ3v) is 5.40. The molecule has 2 aliphatic rings. The van der Waals surface area contributed by atoms with Crippen molar-refractivity contribution in [1.82, 2.24) is 10.2 Å². The number of carbonyl (C=O) groups excluding carboxylic acids is 1. The van der Waals surface area contributed by atoms with Crippen LogP contribution in [0.3, 0.4) is 0 Å². The predicted molar refractivity (Wildman–Crippen MR) is 99.4 cm³/mol. The maximum atomic E-state index is 12.7. The van der Waals surface area contributed by atoms with Crippen molar-refractivity contribution in [1.29, 1.82) is 0 Å². The normalized spacial score (nSPS) is 21.1. The number of fused-ring (bicyclic) bond motifs is 2. The molecule has 1 saturated heterocycles. The number of piperidine rings is 1. The van der Waals surface area contributed by atoms with E-state index in [1.54, 1.807) is 24.3 Å². The van der Waals surface area contributed by atoms with Gasteiger partial charge in [0.15, 0.2) is 0 Å². The molecule has 140 valence electrons. The summed E-state index contributed by atoms with van der Waals surface area (Å²) in [6.45, 7) is 2.21. The van der Waals surface area contributed by atoms with Gasteiger partial charge in [-0.05, 0) is 41.7 Å². The molecule has 1 atom stereocenters. The average molecular weight is 366 g/mol. The molecule has 0 aromatic heterocycles. The zero-order valence-corrected chi connectivity index (χ0v) is 15.0. The van der Waals surface area contributed by atoms with Crippen LogP contribution < -0.4 is 5.32 Å². The quantitative estimate of drug-likeness (QED) is 0.875. The second kappa shape index (κ2) is 7.04. The number of carboxylic acid groups (broad SMARTS) is 1. The van der Waals surface area contributed by atoms with E-state index < -0.39 is 11.6 Å². The van der Waals surface area contributed by atoms with Crippen molar-refractivity contribution < 1.29 is 19.4 Å². The molecule has 2 heterocycles. The number of likely N-dealkylation sites (tertiary alicyclic amines) is 1. The standard InChI is InChI=1S/C21H22N2O4/c24-19(25)16-8-6-15(7-9-16)12-22-20(26)23-11-3-10-21(14-23)18-5-2-1-4-17(18)13-27-21/h1-2,4-9H,3,10-14H2,(H,22,26)(H,24,25). The molecule has 2 N–H and O–H groups in total. The van der Waals surface area contributed by atoms with Gasteiger partial charge in [-0.25, -0.2) is 9.59 Å². The number of hydrogen-bond donors (Lipinski definition) is 2. The first-order valence-electron chi connectivity index (χ1n) is 9.15. The first-order valence-corrected chi connectivity index (χ1v) is 9.15. The van der Waals surface area contributed by atoms with E-state index in [0.717, 1.165) is 18.4 Å². The number of ether oxygens (including phenoxy) is 1. The van der Waals surface area contributed by atoms with Crippen molar-refractivity contribution in [3.8, 4) is 0 Å². The van der Waals surface area contributed by atoms with Crippen LogP contribution in [0.2, 0.25) is 0 Å². The smallest absolute Gasteiger partial charge is 0.335 e. The summed E-state index contributed by atoms with van der Waals surface area (Å²) in [7, 11) is 0. The molecule has 2 aromatic carbocycles. The molecule has 0 bridgehead atoms. The van der Waals surface area contributed by atoms with Crippen LogP contribution in [0.4, 0.5) is 4.79 Å². The summed E-state index contributed by atoms with van der Waals surface area (Å²) in [5, 5.41) is 11.9. The number of amides is 2. The van der Waals surface area contributed by atoms with Crippen LogP contribution >= 0.6 is 0 Å². The van der Waals surface area contributed by atoms with E-state index in [4.69, 9.17) is 9.84 Å². The first-order chi connectivity index (χ1) is 13.1. The Balaban J connectivity index is 1.40. The summed E-state index contributed by atoms with van der Waals surface area (Å²) in [4.78, 5) is 25.4. The summed E-state index contributed by atoms with van der Waals surface area (Å²) in [5.41, 5.74) is 3.11. The predicted octanol–water partition coefficient (Wildman–Crippen LogP) is 3.12. The topological polar surface area (TPSA) is 78.9 Å². The Bertz CT molecular complexity index is 861. The van der Waals surface area contributed by atoms with Crippen molar-refractivity contribution in [2.24, 2.45) is 0 Å². The summed E-state index contributed by atoms with van der Waals surface area (Å²) < 4.78 is 6.15. The Kier molecular flexibility index (Phi) is 4.58. The van der Waals surface area contributed by atoms with Crippen LogP contribution in [0.15, 0.2) is 48.5 Å². The largest absolute Gasteiger partial charge is 0.478 e. The van der Waals surface area contributed by atoms with E-state index in [0.29, 0.717) is 26.2 Å². The van der Waals surface area contributed by atoms with Gasteiger partial charge in [-0.1, -0.05) is 36.4 Å². The number of hydrogen-bond acceptors (Lipinski definition) is 3. The number of nitrogens with zero attached hydrogens (tertiary/aromatic N) is 1. The molecular weight excluding hydrogens is 344 g/mol. The number of carbonyl (C=O) groups is 2. The molecule has 1 fully saturated rings. The maximum absolute atomic E-state index is 12.7. The van der Waals surface area contributed by atoms with Gasteiger partial charge in [0.05, 0.1) is 18.7 Å². The Morgan fingerprint density at radius 1 is 1.15 bits per heavy atom. The molecule has 27 heavy (non-hydrogen) atoms. The van der Waals surface area contributed by atoms with Crippen molar-refractivity contribution in [2.75, 3.05) is 13.1 Å². The molecule has 6 nitrogen and oxygen atoms in total. The summed E-state index contributed by atoms with van der Waals surface area (Å²) in [5.74, 6) is -0.957. The fourth-order valence-corrected chi connectivity index (χ4v) is 3.97. The van der Waals surface area contributed by atoms with Gasteiger partial charge in [-0.15, -0.1) is 0 Å². The maximum Gasteiger partial charge on any atom is 0.335 e. The van der Waals surface area contributed by atoms with Crippen LogP contribution in [-0.2, 0) is 23.5 Å². The Labute approximate surface area is 157 Å². The molecule has 0 saturated carbocycles. The van der Waals surface area contributed by atoms with E-state index in [9.17, 15) is 9.59 Å². The highest BCUT2D eigenvalue weighted by Crippen LogP contribution is 2.42. The van der Waals surface area contributed by atoms with Gasteiger partial charge in [0, 0.05) is 13.1 Å². The lowest BCUT2D eigenvalue weighted by Gasteiger charge is -2.40. The average Bonchev–Trinajstić information content (AvgIpc) is 3.04. The van der Waals surface area contributed by atoms with Gasteiger partial charge in [-0.2, -0.15) is 0 Å². The van der Waals surface area contributed by atoms with Crippen LogP contribution in [0.1, 0.15) is 39.9 Å². The van der Waals surface area contributed by atoms with Crippen molar-refractivity contribution in [3.63, 3.8) is 0 Å². The highest BCUT2D eigenvalue weighted by molar-refractivity contribution is 5.87. The van der Waals surface area contributed by atoms with E-state index in [-0.39, 0.29) is 11.6 Å². The molecule has 4 rings (SSSR count). The number of nitrogens with one attached hydrogen (secondary N) is 1. The lowest BCUT2D eigenvalue weighted by molar-refractivity contribution is -0.0764. The van der Waals surface area contributed by atoms with Crippen molar-refractivity contribution in [3.05, 3.63) is 70.8 Å². The Morgan fingerprint density at radius 3 is 2.70 bits per heavy atom. The van der Waals surface area contributed by atoms with Crippen LogP contribution in [0.5, 0.6) is 0 Å². The minimum absolute atomic E-state index is 0.121. The van der Waals surface area contributed by atoms with Gasteiger partial charge < -0.3 is 20.1 Å². The van der Waals surface area contributed by atoms with E-state index >= 15 is 0 Å². The number of benzene rings is 2. The van der Waals surface area contributed by atoms with Gasteiger partial charge in [0.25, 0.3) is 0 Å². The minimum atomic E-state index is -0.957. The highest BCUT2D eigenvalue weighted by Gasteiger charge is 2.44. The second-order valence-corrected chi connectivity index (χ2v) is 7.13. The van der Waals surface area contributed by atoms with Crippen molar-refractivity contribution in [2.45, 2.75) is 31.6 Å². The van der Waals surface area contributed by atoms with Gasteiger partial charge in [-0.3, -0.25) is 0 Å². The first kappa shape index (κ1) is 17.5. The van der Waals surface area contributed by atoms with Crippen LogP contribution in [0.25, 0.3) is 0 Å². The van der Waals surface area contributed by atoms with Gasteiger partial charge in [0.2, 0.25) is 0 Å². The number of rotatable bonds is 3. The molecule has 0 aliphatic carbocycles. The molecule has 2 aromatic rings. The SMILES string of the molecule is O=C(O)c1ccc(CNC(=O)N2CCCC3(C2)OCc2ccccc23)cc1. The summed E-state index contributed by atoms with van der Waals surface area (Å²) in [6, 6.07) is 14.6. The lowest BCUT2D eigenvalue weighted by atomic mass is 9.85. The molecule has 0 radical (unpaired) electrons. The molecule has 1 unspecified atom stereocenters. The van der Waals surface area contributed by atoms with Crippen LogP contribution in [0, 0.1) is 0 Å². The molecule has 6 heteroatoms. The fourth-order valence-electron chi connectivity index (χ4n) is 3.97. The van der Waals surface area contributed by atoms with E-state index in [1.165, 1.54) is 11.1 Å². The third-order valence-electron chi connectivity index (χ3n) is 5.40. The zero-order chi connectivity index (χ0) is 18.9.